The van der Waals surface area contributed by atoms with Gasteiger partial charge >= 0.3 is 0 Å². The van der Waals surface area contributed by atoms with Crippen LogP contribution in [0, 0.1) is 11.8 Å². The van der Waals surface area contributed by atoms with Crippen molar-refractivity contribution < 1.29 is 4.79 Å². The number of likely N-dealkylation sites (N-methyl/N-ethyl adjacent to an activating group) is 1. The lowest BCUT2D eigenvalue weighted by Gasteiger charge is -2.26. The van der Waals surface area contributed by atoms with Crippen LogP contribution in [-0.4, -0.2) is 25.5 Å². The maximum absolute atomic E-state index is 11.3. The third kappa shape index (κ3) is 5.17. The van der Waals surface area contributed by atoms with Gasteiger partial charge in [0.05, 0.1) is 6.54 Å². The predicted octanol–water partition coefficient (Wildman–Crippen LogP) is 1.54. The minimum absolute atomic E-state index is 0.135. The molecular formula is C12H24N2O. The second-order valence-electron chi connectivity index (χ2n) is 4.71. The smallest absolute Gasteiger partial charge is 0.233 e. The minimum Gasteiger partial charge on any atom is -0.355 e. The summed E-state index contributed by atoms with van der Waals surface area (Å²) in [6.45, 7) is 6.51. The molecule has 0 bridgehead atoms. The molecule has 0 radical (unpaired) electrons. The van der Waals surface area contributed by atoms with Crippen LogP contribution in [0.5, 0.6) is 0 Å². The molecule has 88 valence electrons. The number of amides is 1. The number of nitrogens with one attached hydrogen (secondary N) is 2. The topological polar surface area (TPSA) is 41.1 Å². The highest BCUT2D eigenvalue weighted by molar-refractivity contribution is 5.77. The molecule has 1 rings (SSSR count). The van der Waals surface area contributed by atoms with Crippen molar-refractivity contribution in [2.24, 2.45) is 11.8 Å². The largest absolute Gasteiger partial charge is 0.355 e. The monoisotopic (exact) mass is 212 g/mol. The highest BCUT2D eigenvalue weighted by Crippen LogP contribution is 2.27. The van der Waals surface area contributed by atoms with Crippen LogP contribution in [0.25, 0.3) is 0 Å². The van der Waals surface area contributed by atoms with Crippen LogP contribution in [0.15, 0.2) is 0 Å². The quantitative estimate of drug-likeness (QED) is 0.726. The van der Waals surface area contributed by atoms with Crippen LogP contribution < -0.4 is 10.6 Å². The first kappa shape index (κ1) is 12.5. The summed E-state index contributed by atoms with van der Waals surface area (Å²) >= 11 is 0. The Bertz CT molecular complexity index is 186. The Morgan fingerprint density at radius 3 is 2.53 bits per heavy atom. The van der Waals surface area contributed by atoms with Gasteiger partial charge in [-0.3, -0.25) is 4.79 Å². The molecule has 0 aromatic rings. The molecule has 0 aromatic carbocycles. The predicted molar refractivity (Wildman–Crippen MR) is 62.7 cm³/mol. The summed E-state index contributed by atoms with van der Waals surface area (Å²) in [4.78, 5) is 11.3. The van der Waals surface area contributed by atoms with Crippen molar-refractivity contribution in [2.75, 3.05) is 19.6 Å². The number of carbonyl (C=O) groups excluding carboxylic acids is 1. The number of rotatable bonds is 5. The maximum Gasteiger partial charge on any atom is 0.233 e. The first-order chi connectivity index (χ1) is 7.22. The molecule has 1 fully saturated rings. The van der Waals surface area contributed by atoms with Crippen molar-refractivity contribution in [1.82, 2.24) is 10.6 Å². The zero-order valence-corrected chi connectivity index (χ0v) is 10.0. The second kappa shape index (κ2) is 6.83. The molecule has 2 N–H and O–H groups in total. The van der Waals surface area contributed by atoms with E-state index in [1.807, 2.05) is 6.92 Å². The van der Waals surface area contributed by atoms with Crippen LogP contribution in [0.2, 0.25) is 0 Å². The summed E-state index contributed by atoms with van der Waals surface area (Å²) in [5.41, 5.74) is 0. The molecule has 0 unspecified atom stereocenters. The van der Waals surface area contributed by atoms with Gasteiger partial charge in [0.1, 0.15) is 0 Å². The van der Waals surface area contributed by atoms with Crippen molar-refractivity contribution in [2.45, 2.75) is 39.5 Å². The average molecular weight is 212 g/mol. The number of hydrogen-bond acceptors (Lipinski definition) is 2. The third-order valence-electron chi connectivity index (χ3n) is 3.26. The van der Waals surface area contributed by atoms with Crippen molar-refractivity contribution in [3.05, 3.63) is 0 Å². The highest BCUT2D eigenvalue weighted by Gasteiger charge is 2.18. The van der Waals surface area contributed by atoms with Crippen molar-refractivity contribution >= 4 is 5.91 Å². The van der Waals surface area contributed by atoms with E-state index >= 15 is 0 Å². The first-order valence-corrected chi connectivity index (χ1v) is 6.19. The highest BCUT2D eigenvalue weighted by atomic mass is 16.1. The Balaban J connectivity index is 2.06. The molecular weight excluding hydrogens is 188 g/mol. The molecule has 1 saturated carbocycles. The lowest BCUT2D eigenvalue weighted by atomic mass is 9.83. The van der Waals surface area contributed by atoms with Gasteiger partial charge in [0.25, 0.3) is 0 Å². The van der Waals surface area contributed by atoms with Gasteiger partial charge in [-0.05, 0) is 31.2 Å². The number of carbonyl (C=O) groups is 1. The van der Waals surface area contributed by atoms with Crippen molar-refractivity contribution in [3.63, 3.8) is 0 Å². The van der Waals surface area contributed by atoms with E-state index < -0.39 is 0 Å². The van der Waals surface area contributed by atoms with E-state index in [-0.39, 0.29) is 5.91 Å². The Kier molecular flexibility index (Phi) is 5.69. The SMILES string of the molecule is CCNCC(=O)NCC1CCC(C)CC1. The second-order valence-corrected chi connectivity index (χ2v) is 4.71. The van der Waals surface area contributed by atoms with E-state index in [1.54, 1.807) is 0 Å². The fourth-order valence-corrected chi connectivity index (χ4v) is 2.09. The van der Waals surface area contributed by atoms with E-state index in [2.05, 4.69) is 17.6 Å². The Morgan fingerprint density at radius 1 is 1.27 bits per heavy atom. The zero-order chi connectivity index (χ0) is 11.1. The summed E-state index contributed by atoms with van der Waals surface area (Å²) in [5.74, 6) is 1.74. The zero-order valence-electron chi connectivity index (χ0n) is 10.0. The van der Waals surface area contributed by atoms with Crippen molar-refractivity contribution in [1.29, 1.82) is 0 Å². The van der Waals surface area contributed by atoms with Crippen molar-refractivity contribution in [3.8, 4) is 0 Å². The molecule has 0 aromatic heterocycles. The molecule has 0 spiro atoms. The average Bonchev–Trinajstić information content (AvgIpc) is 2.25. The molecule has 1 aliphatic rings. The molecule has 1 amide bonds. The first-order valence-electron chi connectivity index (χ1n) is 6.19. The van der Waals surface area contributed by atoms with Gasteiger partial charge in [-0.25, -0.2) is 0 Å². The van der Waals surface area contributed by atoms with Gasteiger partial charge in [0, 0.05) is 6.54 Å². The molecule has 3 nitrogen and oxygen atoms in total. The van der Waals surface area contributed by atoms with Crippen LogP contribution in [0.4, 0.5) is 0 Å². The Hall–Kier alpha value is -0.570. The van der Waals surface area contributed by atoms with E-state index in [9.17, 15) is 4.79 Å². The summed E-state index contributed by atoms with van der Waals surface area (Å²) in [5, 5.41) is 6.03. The van der Waals surface area contributed by atoms with Crippen LogP contribution in [0.3, 0.4) is 0 Å². The maximum atomic E-state index is 11.3. The molecule has 0 heterocycles. The summed E-state index contributed by atoms with van der Waals surface area (Å²) in [6, 6.07) is 0. The van der Waals surface area contributed by atoms with Crippen LogP contribution in [-0.2, 0) is 4.79 Å². The summed E-state index contributed by atoms with van der Waals surface area (Å²) in [6.07, 6.45) is 5.22. The lowest BCUT2D eigenvalue weighted by molar-refractivity contribution is -0.120. The normalized spacial score (nSPS) is 26.3. The summed E-state index contributed by atoms with van der Waals surface area (Å²) < 4.78 is 0. The molecule has 0 atom stereocenters. The van der Waals surface area contributed by atoms with E-state index in [0.717, 1.165) is 19.0 Å². The lowest BCUT2D eigenvalue weighted by Crippen LogP contribution is -2.37. The third-order valence-corrected chi connectivity index (χ3v) is 3.26. The Morgan fingerprint density at radius 2 is 1.93 bits per heavy atom. The van der Waals surface area contributed by atoms with Gasteiger partial charge in [0.15, 0.2) is 0 Å². The fourth-order valence-electron chi connectivity index (χ4n) is 2.09. The molecule has 0 aliphatic heterocycles. The molecule has 15 heavy (non-hydrogen) atoms. The van der Waals surface area contributed by atoms with Gasteiger partial charge in [0.2, 0.25) is 5.91 Å². The van der Waals surface area contributed by atoms with E-state index in [1.165, 1.54) is 25.7 Å². The summed E-state index contributed by atoms with van der Waals surface area (Å²) in [7, 11) is 0. The van der Waals surface area contributed by atoms with Gasteiger partial charge in [-0.1, -0.05) is 26.7 Å². The van der Waals surface area contributed by atoms with E-state index in [0.29, 0.717) is 12.5 Å². The van der Waals surface area contributed by atoms with Gasteiger partial charge < -0.3 is 10.6 Å². The molecule has 1 aliphatic carbocycles. The standard InChI is InChI=1S/C12H24N2O/c1-3-13-9-12(15)14-8-11-6-4-10(2)5-7-11/h10-11,13H,3-9H2,1-2H3,(H,14,15). The molecule has 0 saturated heterocycles. The van der Waals surface area contributed by atoms with Gasteiger partial charge in [-0.15, -0.1) is 0 Å². The van der Waals surface area contributed by atoms with Crippen LogP contribution >= 0.6 is 0 Å². The Labute approximate surface area is 93.0 Å². The van der Waals surface area contributed by atoms with Crippen LogP contribution in [0.1, 0.15) is 39.5 Å². The minimum atomic E-state index is 0.135. The fraction of sp³-hybridized carbons (Fsp3) is 0.917. The molecule has 3 heteroatoms. The van der Waals surface area contributed by atoms with Gasteiger partial charge in [-0.2, -0.15) is 0 Å². The van der Waals surface area contributed by atoms with E-state index in [4.69, 9.17) is 0 Å². The number of hydrogen-bond donors (Lipinski definition) is 2.